The molecule has 7 heteroatoms. The van der Waals surface area contributed by atoms with Crippen LogP contribution in [0.5, 0.6) is 0 Å². The zero-order valence-electron chi connectivity index (χ0n) is 15.6. The number of morpholine rings is 1. The van der Waals surface area contributed by atoms with Crippen LogP contribution < -0.4 is 5.32 Å². The van der Waals surface area contributed by atoms with E-state index in [-0.39, 0.29) is 18.1 Å². The summed E-state index contributed by atoms with van der Waals surface area (Å²) in [5.41, 5.74) is 2.74. The normalized spacial score (nSPS) is 20.8. The first-order valence-electron chi connectivity index (χ1n) is 9.23. The smallest absolute Gasteiger partial charge is 0.251 e. The third-order valence-corrected chi connectivity index (χ3v) is 5.46. The lowest BCUT2D eigenvalue weighted by Crippen LogP contribution is -2.44. The van der Waals surface area contributed by atoms with Crippen molar-refractivity contribution >= 4 is 22.2 Å². The predicted octanol–water partition coefficient (Wildman–Crippen LogP) is 2.94. The van der Waals surface area contributed by atoms with Crippen molar-refractivity contribution in [3.63, 3.8) is 0 Å². The maximum absolute atomic E-state index is 12.4. The third kappa shape index (κ3) is 4.37. The number of rotatable bonds is 5. The number of amides is 1. The fourth-order valence-electron chi connectivity index (χ4n) is 3.57. The molecule has 4 rings (SSSR count). The molecule has 3 heterocycles. The Kier molecular flexibility index (Phi) is 5.24. The van der Waals surface area contributed by atoms with Crippen LogP contribution in [-0.2, 0) is 17.8 Å². The van der Waals surface area contributed by atoms with Crippen LogP contribution in [0.3, 0.4) is 0 Å². The number of imidazole rings is 1. The molecule has 0 aliphatic carbocycles. The van der Waals surface area contributed by atoms with Gasteiger partial charge >= 0.3 is 0 Å². The zero-order chi connectivity index (χ0) is 18.8. The molecular weight excluding hydrogens is 360 g/mol. The molecule has 6 nitrogen and oxygen atoms in total. The van der Waals surface area contributed by atoms with Crippen molar-refractivity contribution in [3.05, 3.63) is 58.9 Å². The monoisotopic (exact) mass is 384 g/mol. The van der Waals surface area contributed by atoms with Crippen molar-refractivity contribution in [2.75, 3.05) is 13.1 Å². The lowest BCUT2D eigenvalue weighted by molar-refractivity contribution is -0.0704. The molecule has 1 N–H and O–H groups in total. The Morgan fingerprint density at radius 3 is 2.70 bits per heavy atom. The first kappa shape index (κ1) is 18.2. The minimum Gasteiger partial charge on any atom is -0.373 e. The van der Waals surface area contributed by atoms with E-state index in [1.165, 1.54) is 5.56 Å². The molecule has 142 valence electrons. The van der Waals surface area contributed by atoms with Crippen LogP contribution in [0, 0.1) is 0 Å². The number of benzene rings is 1. The standard InChI is InChI=1S/C20H24N4O2S/c1-14-10-23(11-15(2)26-14)12-16-3-5-17(6-4-16)19(25)21-9-18-13-24-7-8-27-20(24)22-18/h3-8,13-15H,9-12H2,1-2H3,(H,21,25). The molecule has 1 saturated heterocycles. The number of hydrogen-bond acceptors (Lipinski definition) is 5. The van der Waals surface area contributed by atoms with Crippen LogP contribution >= 0.6 is 11.3 Å². The predicted molar refractivity (Wildman–Crippen MR) is 106 cm³/mol. The van der Waals surface area contributed by atoms with Crippen molar-refractivity contribution in [2.45, 2.75) is 39.1 Å². The van der Waals surface area contributed by atoms with E-state index in [0.717, 1.165) is 30.3 Å². The van der Waals surface area contributed by atoms with Gasteiger partial charge in [-0.3, -0.25) is 14.1 Å². The van der Waals surface area contributed by atoms with E-state index in [9.17, 15) is 4.79 Å². The number of aromatic nitrogens is 2. The minimum absolute atomic E-state index is 0.0773. The van der Waals surface area contributed by atoms with Crippen LogP contribution in [0.25, 0.3) is 4.96 Å². The molecule has 3 aromatic rings. The highest BCUT2D eigenvalue weighted by Crippen LogP contribution is 2.15. The summed E-state index contributed by atoms with van der Waals surface area (Å²) in [7, 11) is 0. The van der Waals surface area contributed by atoms with Gasteiger partial charge in [-0.15, -0.1) is 11.3 Å². The van der Waals surface area contributed by atoms with Gasteiger partial charge in [0.05, 0.1) is 24.4 Å². The van der Waals surface area contributed by atoms with E-state index >= 15 is 0 Å². The van der Waals surface area contributed by atoms with Gasteiger partial charge in [-0.2, -0.15) is 0 Å². The first-order valence-corrected chi connectivity index (χ1v) is 10.1. The van der Waals surface area contributed by atoms with E-state index in [4.69, 9.17) is 4.74 Å². The average molecular weight is 385 g/mol. The zero-order valence-corrected chi connectivity index (χ0v) is 16.4. The second-order valence-electron chi connectivity index (χ2n) is 7.16. The quantitative estimate of drug-likeness (QED) is 0.735. The van der Waals surface area contributed by atoms with Crippen LogP contribution in [0.15, 0.2) is 42.0 Å². The lowest BCUT2D eigenvalue weighted by atomic mass is 10.1. The SMILES string of the molecule is CC1CN(Cc2ccc(C(=O)NCc3cn4ccsc4n3)cc2)CC(C)O1. The number of fused-ring (bicyclic) bond motifs is 1. The van der Waals surface area contributed by atoms with Gasteiger partial charge in [0.2, 0.25) is 0 Å². The van der Waals surface area contributed by atoms with Gasteiger partial charge in [0.15, 0.2) is 4.96 Å². The van der Waals surface area contributed by atoms with Gasteiger partial charge in [0.25, 0.3) is 5.91 Å². The number of ether oxygens (including phenoxy) is 1. The second kappa shape index (κ2) is 7.80. The molecule has 0 bridgehead atoms. The Balaban J connectivity index is 1.32. The van der Waals surface area contributed by atoms with Gasteiger partial charge in [0, 0.05) is 43.0 Å². The highest BCUT2D eigenvalue weighted by Gasteiger charge is 2.22. The number of hydrogen-bond donors (Lipinski definition) is 1. The van der Waals surface area contributed by atoms with Crippen molar-refractivity contribution in [3.8, 4) is 0 Å². The number of nitrogens with zero attached hydrogens (tertiary/aromatic N) is 3. The summed E-state index contributed by atoms with van der Waals surface area (Å²) < 4.78 is 7.75. The highest BCUT2D eigenvalue weighted by atomic mass is 32.1. The summed E-state index contributed by atoms with van der Waals surface area (Å²) in [6, 6.07) is 7.85. The summed E-state index contributed by atoms with van der Waals surface area (Å²) in [6.07, 6.45) is 4.43. The highest BCUT2D eigenvalue weighted by molar-refractivity contribution is 7.15. The van der Waals surface area contributed by atoms with Crippen molar-refractivity contribution in [1.82, 2.24) is 19.6 Å². The summed E-state index contributed by atoms with van der Waals surface area (Å²) in [6.45, 7) is 7.41. The maximum atomic E-state index is 12.4. The third-order valence-electron chi connectivity index (χ3n) is 4.69. The minimum atomic E-state index is -0.0773. The lowest BCUT2D eigenvalue weighted by Gasteiger charge is -2.35. The maximum Gasteiger partial charge on any atom is 0.251 e. The molecule has 0 spiro atoms. The molecule has 0 saturated carbocycles. The van der Waals surface area contributed by atoms with Crippen molar-refractivity contribution in [2.24, 2.45) is 0 Å². The Hall–Kier alpha value is -2.22. The van der Waals surface area contributed by atoms with E-state index < -0.39 is 0 Å². The number of carbonyl (C=O) groups excluding carboxylic acids is 1. The van der Waals surface area contributed by atoms with E-state index in [0.29, 0.717) is 12.1 Å². The first-order chi connectivity index (χ1) is 13.1. The molecule has 2 atom stereocenters. The van der Waals surface area contributed by atoms with Crippen LogP contribution in [0.4, 0.5) is 0 Å². The molecule has 1 aromatic carbocycles. The Bertz CT molecular complexity index is 879. The summed E-state index contributed by atoms with van der Waals surface area (Å²) in [4.78, 5) is 20.2. The summed E-state index contributed by atoms with van der Waals surface area (Å²) >= 11 is 1.58. The fourth-order valence-corrected chi connectivity index (χ4v) is 4.29. The Morgan fingerprint density at radius 2 is 2.00 bits per heavy atom. The number of carbonyl (C=O) groups is 1. The average Bonchev–Trinajstić information content (AvgIpc) is 3.21. The molecule has 27 heavy (non-hydrogen) atoms. The largest absolute Gasteiger partial charge is 0.373 e. The van der Waals surface area contributed by atoms with E-state index in [1.807, 2.05) is 46.4 Å². The van der Waals surface area contributed by atoms with Crippen LogP contribution in [0.2, 0.25) is 0 Å². The summed E-state index contributed by atoms with van der Waals surface area (Å²) in [5, 5.41) is 4.93. The second-order valence-corrected chi connectivity index (χ2v) is 8.03. The van der Waals surface area contributed by atoms with Crippen LogP contribution in [0.1, 0.15) is 35.5 Å². The van der Waals surface area contributed by atoms with Gasteiger partial charge in [-0.1, -0.05) is 12.1 Å². The molecular formula is C20H24N4O2S. The van der Waals surface area contributed by atoms with Crippen molar-refractivity contribution in [1.29, 1.82) is 0 Å². The number of thiazole rings is 1. The van der Waals surface area contributed by atoms with Gasteiger partial charge in [-0.25, -0.2) is 4.98 Å². The topological polar surface area (TPSA) is 58.9 Å². The number of nitrogens with one attached hydrogen (secondary N) is 1. The molecule has 1 amide bonds. The Labute approximate surface area is 162 Å². The Morgan fingerprint density at radius 1 is 1.26 bits per heavy atom. The molecule has 2 unspecified atom stereocenters. The molecule has 1 fully saturated rings. The molecule has 0 radical (unpaired) electrons. The van der Waals surface area contributed by atoms with Gasteiger partial charge < -0.3 is 10.1 Å². The molecule has 1 aliphatic rings. The van der Waals surface area contributed by atoms with E-state index in [2.05, 4.69) is 29.0 Å². The molecule has 2 aromatic heterocycles. The van der Waals surface area contributed by atoms with Gasteiger partial charge in [-0.05, 0) is 31.5 Å². The van der Waals surface area contributed by atoms with Gasteiger partial charge in [0.1, 0.15) is 0 Å². The van der Waals surface area contributed by atoms with Crippen molar-refractivity contribution < 1.29 is 9.53 Å². The molecule has 1 aliphatic heterocycles. The fraction of sp³-hybridized carbons (Fsp3) is 0.400. The summed E-state index contributed by atoms with van der Waals surface area (Å²) in [5.74, 6) is -0.0773. The van der Waals surface area contributed by atoms with E-state index in [1.54, 1.807) is 11.3 Å². The van der Waals surface area contributed by atoms with Crippen LogP contribution in [-0.4, -0.2) is 45.5 Å².